The fourth-order valence-corrected chi connectivity index (χ4v) is 3.76. The van der Waals surface area contributed by atoms with Crippen LogP contribution < -0.4 is 5.32 Å². The Hall–Kier alpha value is -1.79. The topological polar surface area (TPSA) is 58.1 Å². The van der Waals surface area contributed by atoms with Crippen molar-refractivity contribution in [2.45, 2.75) is 38.6 Å². The molecular formula is C18H24N4OS. The van der Waals surface area contributed by atoms with E-state index in [0.717, 1.165) is 36.0 Å². The predicted molar refractivity (Wildman–Crippen MR) is 96.9 cm³/mol. The molecule has 0 spiro atoms. The first kappa shape index (κ1) is 17.0. The molecule has 5 nitrogen and oxygen atoms in total. The number of hydrogen-bond donors (Lipinski definition) is 1. The van der Waals surface area contributed by atoms with E-state index in [9.17, 15) is 4.79 Å². The summed E-state index contributed by atoms with van der Waals surface area (Å²) in [6.07, 6.45) is 5.48. The van der Waals surface area contributed by atoms with Crippen molar-refractivity contribution >= 4 is 17.2 Å². The first-order valence-corrected chi connectivity index (χ1v) is 9.47. The fraction of sp³-hybridized carbons (Fsp3) is 0.500. The number of hydrogen-bond acceptors (Lipinski definition) is 5. The molecule has 6 heteroatoms. The Kier molecular flexibility index (Phi) is 5.93. The Morgan fingerprint density at radius 2 is 2.21 bits per heavy atom. The van der Waals surface area contributed by atoms with Gasteiger partial charge in [-0.3, -0.25) is 14.7 Å². The normalized spacial score (nSPS) is 16.2. The number of nitrogens with zero attached hydrogens (tertiary/aromatic N) is 3. The van der Waals surface area contributed by atoms with Crippen molar-refractivity contribution in [3.63, 3.8) is 0 Å². The van der Waals surface area contributed by atoms with Crippen LogP contribution in [-0.4, -0.2) is 46.5 Å². The van der Waals surface area contributed by atoms with Crippen molar-refractivity contribution in [3.05, 3.63) is 35.5 Å². The Bertz CT molecular complexity index is 652. The molecule has 0 saturated carbocycles. The highest BCUT2D eigenvalue weighted by atomic mass is 32.1. The number of carbonyl (C=O) groups excluding carboxylic acids is 1. The van der Waals surface area contributed by atoms with E-state index in [1.54, 1.807) is 17.5 Å². The summed E-state index contributed by atoms with van der Waals surface area (Å²) in [5.74, 6) is 0.105. The summed E-state index contributed by atoms with van der Waals surface area (Å²) < 4.78 is 0. The molecule has 1 unspecified atom stereocenters. The second kappa shape index (κ2) is 8.35. The zero-order chi connectivity index (χ0) is 16.8. The average molecular weight is 344 g/mol. The largest absolute Gasteiger partial charge is 0.355 e. The first-order chi connectivity index (χ1) is 11.7. The number of nitrogens with one attached hydrogen (secondary N) is 1. The summed E-state index contributed by atoms with van der Waals surface area (Å²) in [5.41, 5.74) is 1.85. The molecule has 0 radical (unpaired) electrons. The van der Waals surface area contributed by atoms with Crippen LogP contribution in [0.4, 0.5) is 0 Å². The molecule has 3 rings (SSSR count). The standard InChI is InChI=1S/C18H24N4OS/c1-14(22-10-4-5-11-22)12-20-17(23)8-7-15-13-24-18(21-15)16-6-2-3-9-19-16/h2-3,6,9,13-14H,4-5,7-8,10-12H2,1H3,(H,20,23). The second-order valence-electron chi connectivity index (χ2n) is 6.26. The van der Waals surface area contributed by atoms with Crippen LogP contribution in [0.5, 0.6) is 0 Å². The van der Waals surface area contributed by atoms with Gasteiger partial charge in [-0.25, -0.2) is 4.98 Å². The van der Waals surface area contributed by atoms with E-state index >= 15 is 0 Å². The van der Waals surface area contributed by atoms with Gasteiger partial charge in [0.15, 0.2) is 0 Å². The molecule has 0 aromatic carbocycles. The highest BCUT2D eigenvalue weighted by Gasteiger charge is 2.18. The van der Waals surface area contributed by atoms with E-state index in [0.29, 0.717) is 18.9 Å². The van der Waals surface area contributed by atoms with Gasteiger partial charge >= 0.3 is 0 Å². The minimum atomic E-state index is 0.105. The van der Waals surface area contributed by atoms with Crippen LogP contribution in [-0.2, 0) is 11.2 Å². The van der Waals surface area contributed by atoms with E-state index in [1.165, 1.54) is 12.8 Å². The van der Waals surface area contributed by atoms with Crippen LogP contribution in [0.15, 0.2) is 29.8 Å². The third kappa shape index (κ3) is 4.61. The van der Waals surface area contributed by atoms with E-state index in [1.807, 2.05) is 23.6 Å². The van der Waals surface area contributed by atoms with Gasteiger partial charge in [0.2, 0.25) is 5.91 Å². The van der Waals surface area contributed by atoms with Gasteiger partial charge in [0.05, 0.1) is 11.4 Å². The molecular weight excluding hydrogens is 320 g/mol. The first-order valence-electron chi connectivity index (χ1n) is 8.59. The Balaban J connectivity index is 1.42. The molecule has 24 heavy (non-hydrogen) atoms. The van der Waals surface area contributed by atoms with E-state index < -0.39 is 0 Å². The Morgan fingerprint density at radius 1 is 1.38 bits per heavy atom. The number of likely N-dealkylation sites (tertiary alicyclic amines) is 1. The maximum absolute atomic E-state index is 12.0. The Labute approximate surface area is 147 Å². The molecule has 1 aliphatic rings. The molecule has 3 heterocycles. The van der Waals surface area contributed by atoms with E-state index in [2.05, 4.69) is 27.1 Å². The van der Waals surface area contributed by atoms with Crippen LogP contribution in [0.1, 0.15) is 31.9 Å². The van der Waals surface area contributed by atoms with Crippen molar-refractivity contribution in [2.75, 3.05) is 19.6 Å². The van der Waals surface area contributed by atoms with Gasteiger partial charge in [-0.15, -0.1) is 11.3 Å². The van der Waals surface area contributed by atoms with Gasteiger partial charge in [0.1, 0.15) is 5.01 Å². The molecule has 1 saturated heterocycles. The van der Waals surface area contributed by atoms with Crippen molar-refractivity contribution in [2.24, 2.45) is 0 Å². The lowest BCUT2D eigenvalue weighted by molar-refractivity contribution is -0.121. The smallest absolute Gasteiger partial charge is 0.220 e. The number of aromatic nitrogens is 2. The molecule has 0 bridgehead atoms. The number of aryl methyl sites for hydroxylation is 1. The van der Waals surface area contributed by atoms with Gasteiger partial charge in [-0.2, -0.15) is 0 Å². The number of amides is 1. The summed E-state index contributed by atoms with van der Waals surface area (Å²) in [6.45, 7) is 5.23. The van der Waals surface area contributed by atoms with Crippen LogP contribution in [0.3, 0.4) is 0 Å². The summed E-state index contributed by atoms with van der Waals surface area (Å²) >= 11 is 1.58. The maximum Gasteiger partial charge on any atom is 0.220 e. The molecule has 128 valence electrons. The van der Waals surface area contributed by atoms with Crippen molar-refractivity contribution in [1.29, 1.82) is 0 Å². The molecule has 0 aliphatic carbocycles. The van der Waals surface area contributed by atoms with Crippen LogP contribution in [0, 0.1) is 0 Å². The monoisotopic (exact) mass is 344 g/mol. The highest BCUT2D eigenvalue weighted by molar-refractivity contribution is 7.13. The second-order valence-corrected chi connectivity index (χ2v) is 7.11. The summed E-state index contributed by atoms with van der Waals surface area (Å²) in [6, 6.07) is 6.23. The van der Waals surface area contributed by atoms with Crippen molar-refractivity contribution in [3.8, 4) is 10.7 Å². The van der Waals surface area contributed by atoms with Crippen molar-refractivity contribution < 1.29 is 4.79 Å². The minimum Gasteiger partial charge on any atom is -0.355 e. The maximum atomic E-state index is 12.0. The highest BCUT2D eigenvalue weighted by Crippen LogP contribution is 2.21. The minimum absolute atomic E-state index is 0.105. The molecule has 1 atom stereocenters. The van der Waals surface area contributed by atoms with Crippen molar-refractivity contribution in [1.82, 2.24) is 20.2 Å². The third-order valence-corrected chi connectivity index (χ3v) is 5.32. The summed E-state index contributed by atoms with van der Waals surface area (Å²) in [4.78, 5) is 23.4. The van der Waals surface area contributed by atoms with E-state index in [-0.39, 0.29) is 5.91 Å². The van der Waals surface area contributed by atoms with Gasteiger partial charge in [0.25, 0.3) is 0 Å². The lowest BCUT2D eigenvalue weighted by Crippen LogP contribution is -2.40. The van der Waals surface area contributed by atoms with Crippen LogP contribution >= 0.6 is 11.3 Å². The van der Waals surface area contributed by atoms with Gasteiger partial charge < -0.3 is 5.32 Å². The zero-order valence-electron chi connectivity index (χ0n) is 14.1. The third-order valence-electron chi connectivity index (χ3n) is 4.40. The number of pyridine rings is 1. The number of rotatable bonds is 7. The molecule has 2 aromatic rings. The lowest BCUT2D eigenvalue weighted by atomic mass is 10.2. The SMILES string of the molecule is CC(CNC(=O)CCc1csc(-c2ccccn2)n1)N1CCCC1. The molecule has 1 aliphatic heterocycles. The molecule has 1 N–H and O–H groups in total. The Morgan fingerprint density at radius 3 is 2.96 bits per heavy atom. The van der Waals surface area contributed by atoms with E-state index in [4.69, 9.17) is 0 Å². The summed E-state index contributed by atoms with van der Waals surface area (Å²) in [5, 5.41) is 5.98. The van der Waals surface area contributed by atoms with Crippen LogP contribution in [0.25, 0.3) is 10.7 Å². The summed E-state index contributed by atoms with van der Waals surface area (Å²) in [7, 11) is 0. The molecule has 1 amide bonds. The average Bonchev–Trinajstić information content (AvgIpc) is 3.30. The number of carbonyl (C=O) groups is 1. The lowest BCUT2D eigenvalue weighted by Gasteiger charge is -2.23. The zero-order valence-corrected chi connectivity index (χ0v) is 14.9. The molecule has 1 fully saturated rings. The van der Waals surface area contributed by atoms with Gasteiger partial charge in [-0.1, -0.05) is 6.07 Å². The molecule has 2 aromatic heterocycles. The van der Waals surface area contributed by atoms with Gasteiger partial charge in [-0.05, 0) is 51.4 Å². The number of thiazole rings is 1. The fourth-order valence-electron chi connectivity index (χ4n) is 2.93. The predicted octanol–water partition coefficient (Wildman–Crippen LogP) is 2.74. The van der Waals surface area contributed by atoms with Gasteiger partial charge in [0, 0.05) is 30.6 Å². The quantitative estimate of drug-likeness (QED) is 0.839. The van der Waals surface area contributed by atoms with Crippen LogP contribution in [0.2, 0.25) is 0 Å².